The van der Waals surface area contributed by atoms with Gasteiger partial charge in [0, 0.05) is 0 Å². The van der Waals surface area contributed by atoms with E-state index < -0.39 is 20.7 Å². The first kappa shape index (κ1) is 11.4. The Hall–Kier alpha value is -0.430. The van der Waals surface area contributed by atoms with Gasteiger partial charge in [0.25, 0.3) is 0 Å². The van der Waals surface area contributed by atoms with Gasteiger partial charge in [0.05, 0.1) is 0 Å². The normalized spacial score (nSPS) is 7.56. The van der Waals surface area contributed by atoms with Crippen molar-refractivity contribution in [1.29, 1.82) is 0 Å². The summed E-state index contributed by atoms with van der Waals surface area (Å²) in [7, 11) is 0. The summed E-state index contributed by atoms with van der Waals surface area (Å²) >= 11 is -3.40. The van der Waals surface area contributed by atoms with Crippen LogP contribution in [0, 0.1) is 14.8 Å². The van der Waals surface area contributed by atoms with E-state index in [0.717, 1.165) is 6.08 Å². The zero-order valence-corrected chi connectivity index (χ0v) is 6.00. The van der Waals surface area contributed by atoms with Crippen LogP contribution in [0.2, 0.25) is 0 Å². The Morgan fingerprint density at radius 3 is 1.89 bits per heavy atom. The molecule has 54 valence electrons. The molecular weight excluding hydrogens is 194 g/mol. The molecule has 0 saturated heterocycles. The number of rotatable bonds is 1. The van der Waals surface area contributed by atoms with Crippen molar-refractivity contribution in [3.05, 3.63) is 12.7 Å². The van der Waals surface area contributed by atoms with Gasteiger partial charge in [-0.05, 0) is 10.3 Å². The lowest BCUT2D eigenvalue weighted by atomic mass is 10.6. The fraction of sp³-hybridized carbons (Fsp3) is 0. The number of carbonyl (C=O) groups is 1. The molecule has 0 radical (unpaired) electrons. The average molecular weight is 200 g/mol. The van der Waals surface area contributed by atoms with Gasteiger partial charge in [0.2, 0.25) is 5.91 Å². The molecular formula is C3H6BrNO4. The molecule has 0 aliphatic carbocycles. The Morgan fingerprint density at radius 1 is 1.78 bits per heavy atom. The highest BCUT2D eigenvalue weighted by Gasteiger charge is 1.86. The largest absolute Gasteiger partial charge is 0.433 e. The van der Waals surface area contributed by atoms with Crippen molar-refractivity contribution in [1.82, 2.24) is 0 Å². The maximum absolute atomic E-state index is 9.47. The van der Waals surface area contributed by atoms with Crippen LogP contribution in [0.15, 0.2) is 12.7 Å². The number of carbonyl (C=O) groups excluding carboxylic acids is 1. The summed E-state index contributed by atoms with van der Waals surface area (Å²) in [5.41, 5.74) is 4.53. The third-order valence-corrected chi connectivity index (χ3v) is 0.201. The third-order valence-electron chi connectivity index (χ3n) is 0.201. The standard InChI is InChI=1S/C3H5NO.BrHO3/c1-2-3(4)5;2-1(3)4/h2H,1H2,(H2,4,5);2H. The molecule has 0 saturated carbocycles. The minimum Gasteiger partial charge on any atom is -0.372 e. The van der Waals surface area contributed by atoms with E-state index in [1.54, 1.807) is 0 Å². The van der Waals surface area contributed by atoms with Crippen molar-refractivity contribution >= 4 is 5.91 Å². The zero-order chi connectivity index (χ0) is 7.86. The summed E-state index contributed by atoms with van der Waals surface area (Å²) in [4.78, 5) is 9.47. The highest BCUT2D eigenvalue weighted by molar-refractivity contribution is 5.84. The van der Waals surface area contributed by atoms with Crippen molar-refractivity contribution in [3.63, 3.8) is 0 Å². The van der Waals surface area contributed by atoms with E-state index in [2.05, 4.69) is 12.3 Å². The second kappa shape index (κ2) is 7.57. The van der Waals surface area contributed by atoms with Crippen LogP contribution in [0.1, 0.15) is 0 Å². The first-order chi connectivity index (χ1) is 4.00. The summed E-state index contributed by atoms with van der Waals surface area (Å²) < 4.78 is 24.3. The molecule has 0 bridgehead atoms. The van der Waals surface area contributed by atoms with Gasteiger partial charge in [-0.1, -0.05) is 6.58 Å². The van der Waals surface area contributed by atoms with Crippen LogP contribution in [-0.4, -0.2) is 10.1 Å². The predicted molar refractivity (Wildman–Crippen MR) is 21.6 cm³/mol. The molecule has 0 spiro atoms. The minimum absolute atomic E-state index is 0.481. The van der Waals surface area contributed by atoms with Crippen LogP contribution in [0.25, 0.3) is 0 Å². The Balaban J connectivity index is 0. The highest BCUT2D eigenvalue weighted by Crippen LogP contribution is 1.48. The number of halogens is 1. The zero-order valence-electron chi connectivity index (χ0n) is 4.41. The Kier molecular flexibility index (Phi) is 9.57. The molecule has 0 rings (SSSR count). The minimum atomic E-state index is -3.40. The van der Waals surface area contributed by atoms with Gasteiger partial charge >= 0.3 is 14.8 Å². The van der Waals surface area contributed by atoms with Gasteiger partial charge in [-0.15, -0.1) is 0 Å². The molecule has 0 atom stereocenters. The van der Waals surface area contributed by atoms with Crippen molar-refractivity contribution < 1.29 is 32.2 Å². The van der Waals surface area contributed by atoms with E-state index in [4.69, 9.17) is 12.6 Å². The van der Waals surface area contributed by atoms with E-state index in [1.165, 1.54) is 0 Å². The molecule has 0 aromatic heterocycles. The second-order valence-electron chi connectivity index (χ2n) is 0.808. The number of primary amides is 1. The molecule has 0 fully saturated rings. The highest BCUT2D eigenvalue weighted by atomic mass is 80.0. The van der Waals surface area contributed by atoms with Crippen LogP contribution < -0.4 is 14.1 Å². The van der Waals surface area contributed by atoms with Crippen molar-refractivity contribution in [2.45, 2.75) is 0 Å². The predicted octanol–water partition coefficient (Wildman–Crippen LogP) is -3.28. The van der Waals surface area contributed by atoms with E-state index in [0.29, 0.717) is 0 Å². The fourth-order valence-electron chi connectivity index (χ4n) is 0. The quantitative estimate of drug-likeness (QED) is 0.432. The SMILES string of the molecule is C=CC(N)=O.[O-][Br+2]([O-])O. The fourth-order valence-corrected chi connectivity index (χ4v) is 0. The third kappa shape index (κ3) is 95.3. The van der Waals surface area contributed by atoms with Gasteiger partial charge < -0.3 is 14.1 Å². The van der Waals surface area contributed by atoms with Gasteiger partial charge in [0.1, 0.15) is 0 Å². The molecule has 0 aliphatic heterocycles. The van der Waals surface area contributed by atoms with E-state index >= 15 is 0 Å². The Bertz CT molecular complexity index is 91.1. The molecule has 0 unspecified atom stereocenters. The molecule has 0 aliphatic rings. The first-order valence-corrected chi connectivity index (χ1v) is 3.67. The molecule has 6 heteroatoms. The topological polar surface area (TPSA) is 109 Å². The van der Waals surface area contributed by atoms with Crippen LogP contribution in [-0.2, 0) is 4.79 Å². The number of nitrogens with two attached hydrogens (primary N) is 1. The Morgan fingerprint density at radius 2 is 1.89 bits per heavy atom. The maximum Gasteiger partial charge on any atom is 0.433 e. The Labute approximate surface area is 57.2 Å². The molecule has 3 N–H and O–H groups in total. The lowest BCUT2D eigenvalue weighted by Crippen LogP contribution is -2.30. The van der Waals surface area contributed by atoms with Gasteiger partial charge in [-0.3, -0.25) is 4.79 Å². The molecule has 1 amide bonds. The number of hydrogen-bond acceptors (Lipinski definition) is 4. The van der Waals surface area contributed by atoms with Gasteiger partial charge in [-0.25, -0.2) is 0 Å². The van der Waals surface area contributed by atoms with Gasteiger partial charge in [0.15, 0.2) is 0 Å². The van der Waals surface area contributed by atoms with Crippen LogP contribution in [0.5, 0.6) is 0 Å². The summed E-state index contributed by atoms with van der Waals surface area (Å²) in [6, 6.07) is 0. The van der Waals surface area contributed by atoms with Crippen molar-refractivity contribution in [3.8, 4) is 0 Å². The monoisotopic (exact) mass is 199 g/mol. The van der Waals surface area contributed by atoms with E-state index in [1.807, 2.05) is 0 Å². The number of amides is 1. The van der Waals surface area contributed by atoms with Gasteiger partial charge in [-0.2, -0.15) is 0 Å². The smallest absolute Gasteiger partial charge is 0.372 e. The van der Waals surface area contributed by atoms with Crippen LogP contribution in [0.3, 0.4) is 0 Å². The van der Waals surface area contributed by atoms with E-state index in [-0.39, 0.29) is 0 Å². The van der Waals surface area contributed by atoms with Crippen LogP contribution >= 0.6 is 0 Å². The lowest BCUT2D eigenvalue weighted by Gasteiger charge is -1.69. The summed E-state index contributed by atoms with van der Waals surface area (Å²) in [6.45, 7) is 3.09. The summed E-state index contributed by atoms with van der Waals surface area (Å²) in [5.74, 6) is -0.481. The first-order valence-electron chi connectivity index (χ1n) is 1.67. The second-order valence-corrected chi connectivity index (χ2v) is 1.65. The van der Waals surface area contributed by atoms with Crippen LogP contribution in [0.4, 0.5) is 0 Å². The molecule has 0 aromatic rings. The maximum atomic E-state index is 9.47. The summed E-state index contributed by atoms with van der Waals surface area (Å²) in [6.07, 6.45) is 1.06. The lowest BCUT2D eigenvalue weighted by molar-refractivity contribution is -1.63. The number of hydrogen-bond donors (Lipinski definition) is 2. The van der Waals surface area contributed by atoms with Crippen molar-refractivity contribution in [2.24, 2.45) is 5.73 Å². The molecule has 0 aromatic carbocycles. The van der Waals surface area contributed by atoms with Crippen molar-refractivity contribution in [2.75, 3.05) is 0 Å². The molecule has 9 heavy (non-hydrogen) atoms. The van der Waals surface area contributed by atoms with E-state index in [9.17, 15) is 4.79 Å². The molecule has 5 nitrogen and oxygen atoms in total. The summed E-state index contributed by atoms with van der Waals surface area (Å²) in [5, 5.41) is 0. The molecule has 0 heterocycles. The average Bonchev–Trinajstić information content (AvgIpc) is 1.65.